The zero-order valence-electron chi connectivity index (χ0n) is 14.5. The number of hydrogen-bond acceptors (Lipinski definition) is 10. The monoisotopic (exact) mass is 396 g/mol. The van der Waals surface area contributed by atoms with Gasteiger partial charge in [-0.05, 0) is 0 Å². The van der Waals surface area contributed by atoms with E-state index in [4.69, 9.17) is 23.7 Å². The Hall–Kier alpha value is -2.05. The van der Waals surface area contributed by atoms with Gasteiger partial charge in [-0.3, -0.25) is 19.2 Å². The number of carbonyl (C=O) groups is 4. The van der Waals surface area contributed by atoms with Gasteiger partial charge in [0.15, 0.2) is 34.8 Å². The lowest BCUT2D eigenvalue weighted by atomic mass is 9.99. The third-order valence-electron chi connectivity index (χ3n) is 3.15. The molecule has 1 fully saturated rings. The molecular formula is C14H20O11S. The van der Waals surface area contributed by atoms with E-state index in [-0.39, 0.29) is 0 Å². The van der Waals surface area contributed by atoms with Crippen LogP contribution in [-0.2, 0) is 53.9 Å². The Morgan fingerprint density at radius 1 is 0.846 bits per heavy atom. The van der Waals surface area contributed by atoms with Gasteiger partial charge in [-0.15, -0.1) is 0 Å². The Labute approximate surface area is 151 Å². The Morgan fingerprint density at radius 3 is 1.73 bits per heavy atom. The van der Waals surface area contributed by atoms with Crippen molar-refractivity contribution >= 4 is 35.0 Å². The van der Waals surface area contributed by atoms with Crippen LogP contribution < -0.4 is 0 Å². The van der Waals surface area contributed by atoms with E-state index >= 15 is 0 Å². The molecule has 1 heterocycles. The van der Waals surface area contributed by atoms with E-state index in [1.807, 2.05) is 0 Å². The summed E-state index contributed by atoms with van der Waals surface area (Å²) in [5, 5.41) is 0. The average Bonchev–Trinajstić information content (AvgIpc) is 2.47. The Balaban J connectivity index is 3.29. The van der Waals surface area contributed by atoms with E-state index in [1.165, 1.54) is 0 Å². The van der Waals surface area contributed by atoms with Crippen LogP contribution in [0.15, 0.2) is 0 Å². The maximum absolute atomic E-state index is 11.6. The van der Waals surface area contributed by atoms with Crippen molar-refractivity contribution in [2.24, 2.45) is 0 Å². The van der Waals surface area contributed by atoms with Crippen molar-refractivity contribution in [3.05, 3.63) is 0 Å². The van der Waals surface area contributed by atoms with E-state index in [2.05, 4.69) is 0 Å². The van der Waals surface area contributed by atoms with E-state index in [9.17, 15) is 27.9 Å². The van der Waals surface area contributed by atoms with Crippen molar-refractivity contribution in [1.29, 1.82) is 0 Å². The van der Waals surface area contributed by atoms with Crippen LogP contribution in [0.3, 0.4) is 0 Å². The zero-order chi connectivity index (χ0) is 20.0. The molecule has 0 radical (unpaired) electrons. The summed E-state index contributed by atoms with van der Waals surface area (Å²) in [6.07, 6.45) is -5.56. The van der Waals surface area contributed by atoms with Crippen LogP contribution in [0.5, 0.6) is 0 Å². The van der Waals surface area contributed by atoms with E-state index < -0.39 is 71.4 Å². The SMILES string of the molecule is CC(=O)OC[C@H]1O[C@@H](S(=O)O)[C@H](OC(C)=O)[C@@H](OC(C)=O)[C@@H]1OC(C)=O. The van der Waals surface area contributed by atoms with Gasteiger partial charge in [0, 0.05) is 27.7 Å². The highest BCUT2D eigenvalue weighted by Gasteiger charge is 2.54. The molecule has 0 bridgehead atoms. The lowest BCUT2D eigenvalue weighted by Gasteiger charge is -2.43. The second kappa shape index (κ2) is 9.59. The van der Waals surface area contributed by atoms with Gasteiger partial charge in [-0.25, -0.2) is 4.21 Å². The lowest BCUT2D eigenvalue weighted by Crippen LogP contribution is -2.63. The minimum atomic E-state index is -2.67. The van der Waals surface area contributed by atoms with Crippen LogP contribution in [-0.4, -0.2) is 69.1 Å². The normalized spacial score (nSPS) is 29.2. The summed E-state index contributed by atoms with van der Waals surface area (Å²) < 4.78 is 46.4. The van der Waals surface area contributed by atoms with Crippen LogP contribution in [0.4, 0.5) is 0 Å². The molecule has 0 spiro atoms. The molecule has 0 aromatic heterocycles. The first kappa shape index (κ1) is 22.0. The molecule has 1 N–H and O–H groups in total. The van der Waals surface area contributed by atoms with Crippen molar-refractivity contribution in [2.45, 2.75) is 57.5 Å². The summed E-state index contributed by atoms with van der Waals surface area (Å²) in [4.78, 5) is 45.3. The third-order valence-corrected chi connectivity index (χ3v) is 3.92. The lowest BCUT2D eigenvalue weighted by molar-refractivity contribution is -0.238. The van der Waals surface area contributed by atoms with Gasteiger partial charge in [0.25, 0.3) is 0 Å². The van der Waals surface area contributed by atoms with E-state index in [0.717, 1.165) is 27.7 Å². The fourth-order valence-electron chi connectivity index (χ4n) is 2.35. The van der Waals surface area contributed by atoms with Crippen molar-refractivity contribution in [3.8, 4) is 0 Å². The first-order chi connectivity index (χ1) is 12.0. The van der Waals surface area contributed by atoms with E-state index in [0.29, 0.717) is 0 Å². The number of ether oxygens (including phenoxy) is 5. The summed E-state index contributed by atoms with van der Waals surface area (Å²) in [6, 6.07) is 0. The van der Waals surface area contributed by atoms with E-state index in [1.54, 1.807) is 0 Å². The first-order valence-electron chi connectivity index (χ1n) is 7.43. The topological polar surface area (TPSA) is 152 Å². The Kier molecular flexibility index (Phi) is 8.11. The number of carbonyl (C=O) groups excluding carboxylic acids is 4. The molecule has 6 atom stereocenters. The second-order valence-corrected chi connectivity index (χ2v) is 6.36. The molecule has 148 valence electrons. The molecule has 12 heteroatoms. The molecule has 0 aromatic rings. The Morgan fingerprint density at radius 2 is 1.31 bits per heavy atom. The largest absolute Gasteiger partial charge is 0.463 e. The predicted octanol–water partition coefficient (Wildman–Crippen LogP) is -0.709. The highest BCUT2D eigenvalue weighted by Crippen LogP contribution is 2.30. The highest BCUT2D eigenvalue weighted by atomic mass is 32.2. The summed E-state index contributed by atoms with van der Waals surface area (Å²) >= 11 is -2.67. The van der Waals surface area contributed by atoms with Gasteiger partial charge >= 0.3 is 23.9 Å². The van der Waals surface area contributed by atoms with Crippen molar-refractivity contribution in [1.82, 2.24) is 0 Å². The molecule has 1 unspecified atom stereocenters. The molecule has 0 aliphatic carbocycles. The molecule has 1 saturated heterocycles. The van der Waals surface area contributed by atoms with Crippen LogP contribution >= 0.6 is 0 Å². The van der Waals surface area contributed by atoms with Crippen molar-refractivity contribution < 1.29 is 51.6 Å². The smallest absolute Gasteiger partial charge is 0.303 e. The minimum absolute atomic E-state index is 0.453. The van der Waals surface area contributed by atoms with Gasteiger partial charge in [0.05, 0.1) is 0 Å². The highest BCUT2D eigenvalue weighted by molar-refractivity contribution is 7.79. The molecular weight excluding hydrogens is 376 g/mol. The van der Waals surface area contributed by atoms with Crippen LogP contribution in [0, 0.1) is 0 Å². The molecule has 1 aliphatic heterocycles. The van der Waals surface area contributed by atoms with Crippen molar-refractivity contribution in [3.63, 3.8) is 0 Å². The predicted molar refractivity (Wildman–Crippen MR) is 82.7 cm³/mol. The van der Waals surface area contributed by atoms with Gasteiger partial charge in [0.1, 0.15) is 12.7 Å². The maximum atomic E-state index is 11.6. The summed E-state index contributed by atoms with van der Waals surface area (Å²) in [5.41, 5.74) is -1.63. The molecule has 0 aromatic carbocycles. The maximum Gasteiger partial charge on any atom is 0.303 e. The number of esters is 4. The molecule has 1 rings (SSSR count). The minimum Gasteiger partial charge on any atom is -0.463 e. The summed E-state index contributed by atoms with van der Waals surface area (Å²) in [6.45, 7) is 3.83. The summed E-state index contributed by atoms with van der Waals surface area (Å²) in [5.74, 6) is -3.12. The zero-order valence-corrected chi connectivity index (χ0v) is 15.3. The second-order valence-electron chi connectivity index (χ2n) is 5.34. The standard InChI is InChI=1S/C14H20O11S/c1-6(15)21-5-10-11(22-7(2)16)12(23-8(3)17)13(24-9(4)18)14(25-10)26(19)20/h10-14H,5H2,1-4H3,(H,19,20)/t10-,11-,12+,13-,14+/m1/s1. The van der Waals surface area contributed by atoms with Gasteiger partial charge in [0.2, 0.25) is 0 Å². The third kappa shape index (κ3) is 6.35. The summed E-state index contributed by atoms with van der Waals surface area (Å²) in [7, 11) is 0. The fraction of sp³-hybridized carbons (Fsp3) is 0.714. The number of rotatable bonds is 6. The molecule has 0 saturated carbocycles. The van der Waals surface area contributed by atoms with Gasteiger partial charge in [-0.1, -0.05) is 0 Å². The fourth-order valence-corrected chi connectivity index (χ4v) is 3.03. The number of hydrogen-bond donors (Lipinski definition) is 1. The van der Waals surface area contributed by atoms with Crippen LogP contribution in [0.25, 0.3) is 0 Å². The van der Waals surface area contributed by atoms with Gasteiger partial charge < -0.3 is 28.2 Å². The van der Waals surface area contributed by atoms with Crippen molar-refractivity contribution in [2.75, 3.05) is 6.61 Å². The first-order valence-corrected chi connectivity index (χ1v) is 8.60. The molecule has 11 nitrogen and oxygen atoms in total. The average molecular weight is 396 g/mol. The molecule has 26 heavy (non-hydrogen) atoms. The van der Waals surface area contributed by atoms with Gasteiger partial charge in [-0.2, -0.15) is 0 Å². The molecule has 1 aliphatic rings. The van der Waals surface area contributed by atoms with Crippen LogP contribution in [0.1, 0.15) is 27.7 Å². The van der Waals surface area contributed by atoms with Crippen LogP contribution in [0.2, 0.25) is 0 Å². The Bertz CT molecular complexity index is 589. The molecule has 0 amide bonds. The quantitative estimate of drug-likeness (QED) is 0.344.